The molecule has 152 valence electrons. The van der Waals surface area contributed by atoms with Crippen molar-refractivity contribution in [2.24, 2.45) is 10.1 Å². The first-order valence-corrected chi connectivity index (χ1v) is 10.7. The molecule has 0 saturated heterocycles. The van der Waals surface area contributed by atoms with Crippen LogP contribution in [0.2, 0.25) is 0 Å². The molecule has 2 heterocycles. The highest BCUT2D eigenvalue weighted by molar-refractivity contribution is 7.07. The summed E-state index contributed by atoms with van der Waals surface area (Å²) in [5.41, 5.74) is 1.81. The fraction of sp³-hybridized carbons (Fsp3) is 0.364. The summed E-state index contributed by atoms with van der Waals surface area (Å²) < 4.78 is 18.3. The van der Waals surface area contributed by atoms with E-state index in [0.29, 0.717) is 11.8 Å². The van der Waals surface area contributed by atoms with Crippen LogP contribution in [-0.4, -0.2) is 31.2 Å². The molecule has 29 heavy (non-hydrogen) atoms. The summed E-state index contributed by atoms with van der Waals surface area (Å²) in [5, 5.41) is 6.77. The Labute approximate surface area is 174 Å². The molecule has 4 rings (SSSR count). The number of methoxy groups -OCH3 is 2. The van der Waals surface area contributed by atoms with Gasteiger partial charge in [0.15, 0.2) is 0 Å². The Morgan fingerprint density at radius 1 is 1.14 bits per heavy atom. The van der Waals surface area contributed by atoms with E-state index in [2.05, 4.69) is 5.38 Å². The minimum Gasteiger partial charge on any atom is -0.497 e. The second-order valence-electron chi connectivity index (χ2n) is 6.96. The molecule has 1 aliphatic rings. The number of hydrogen-bond donors (Lipinski definition) is 0. The lowest BCUT2D eigenvalue weighted by Crippen LogP contribution is -2.19. The zero-order valence-corrected chi connectivity index (χ0v) is 17.5. The van der Waals surface area contributed by atoms with Gasteiger partial charge in [0.05, 0.1) is 38.4 Å². The van der Waals surface area contributed by atoms with Crippen molar-refractivity contribution in [1.29, 1.82) is 0 Å². The lowest BCUT2D eigenvalue weighted by Gasteiger charge is -2.17. The number of benzene rings is 1. The molecule has 3 aromatic rings. The first-order chi connectivity index (χ1) is 14.3. The van der Waals surface area contributed by atoms with E-state index in [1.807, 2.05) is 35.0 Å². The molecule has 0 amide bonds. The van der Waals surface area contributed by atoms with Crippen molar-refractivity contribution >= 4 is 17.6 Å². The monoisotopic (exact) mass is 411 g/mol. The van der Waals surface area contributed by atoms with Gasteiger partial charge in [0.1, 0.15) is 17.3 Å². The molecule has 1 aromatic carbocycles. The molecule has 0 spiro atoms. The van der Waals surface area contributed by atoms with Crippen LogP contribution in [0.5, 0.6) is 11.5 Å². The summed E-state index contributed by atoms with van der Waals surface area (Å²) in [6.45, 7) is 0. The molecule has 0 bridgehead atoms. The normalized spacial score (nSPS) is 15.9. The Hall–Kier alpha value is -2.80. The van der Waals surface area contributed by atoms with Crippen LogP contribution in [0.1, 0.15) is 37.9 Å². The molecule has 0 radical (unpaired) electrons. The highest BCUT2D eigenvalue weighted by atomic mass is 32.1. The Balaban J connectivity index is 1.83. The molecule has 2 aromatic heterocycles. The summed E-state index contributed by atoms with van der Waals surface area (Å²) in [7, 11) is 3.33. The molecule has 6 nitrogen and oxygen atoms in total. The van der Waals surface area contributed by atoms with Crippen molar-refractivity contribution in [2.45, 2.75) is 38.1 Å². The maximum absolute atomic E-state index is 5.60. The van der Waals surface area contributed by atoms with E-state index in [-0.39, 0.29) is 0 Å². The lowest BCUT2D eigenvalue weighted by molar-refractivity contribution is 0.404. The van der Waals surface area contributed by atoms with E-state index in [0.717, 1.165) is 40.4 Å². The second kappa shape index (κ2) is 9.13. The summed E-state index contributed by atoms with van der Waals surface area (Å²) >= 11 is 1.59. The van der Waals surface area contributed by atoms with Gasteiger partial charge in [-0.15, -0.1) is 11.3 Å². The van der Waals surface area contributed by atoms with Crippen LogP contribution in [0.25, 0.3) is 11.3 Å². The third-order valence-electron chi connectivity index (χ3n) is 5.08. The first-order valence-electron chi connectivity index (χ1n) is 9.83. The molecule has 0 atom stereocenters. The number of hydrogen-bond acceptors (Lipinski definition) is 6. The number of ether oxygens (including phenoxy) is 2. The summed E-state index contributed by atoms with van der Waals surface area (Å²) in [5.74, 6) is 2.21. The predicted molar refractivity (Wildman–Crippen MR) is 115 cm³/mol. The quantitative estimate of drug-likeness (QED) is 0.540. The van der Waals surface area contributed by atoms with Crippen LogP contribution < -0.4 is 14.3 Å². The maximum Gasteiger partial charge on any atom is 0.206 e. The number of nitrogens with zero attached hydrogens (tertiary/aromatic N) is 3. The van der Waals surface area contributed by atoms with Crippen LogP contribution >= 0.6 is 11.3 Å². The molecular weight excluding hydrogens is 386 g/mol. The van der Waals surface area contributed by atoms with Crippen molar-refractivity contribution in [3.8, 4) is 22.8 Å². The zero-order chi connectivity index (χ0) is 20.1. The average Bonchev–Trinajstić information content (AvgIpc) is 3.42. The topological polar surface area (TPSA) is 61.2 Å². The SMILES string of the molecule is COc1ccc(OC)c(-c2csc(=NC3CCCCC3)n2N=Cc2ccco2)c1. The molecule has 1 aliphatic carbocycles. The molecule has 1 saturated carbocycles. The third kappa shape index (κ3) is 4.45. The Kier molecular flexibility index (Phi) is 6.14. The Bertz CT molecular complexity index is 1030. The Morgan fingerprint density at radius 3 is 2.72 bits per heavy atom. The highest BCUT2D eigenvalue weighted by Gasteiger charge is 2.16. The molecule has 0 N–H and O–H groups in total. The molecule has 1 fully saturated rings. The third-order valence-corrected chi connectivity index (χ3v) is 5.91. The second-order valence-corrected chi connectivity index (χ2v) is 7.80. The van der Waals surface area contributed by atoms with Crippen LogP contribution in [-0.2, 0) is 0 Å². The van der Waals surface area contributed by atoms with E-state index in [9.17, 15) is 0 Å². The van der Waals surface area contributed by atoms with Crippen molar-refractivity contribution in [2.75, 3.05) is 14.2 Å². The van der Waals surface area contributed by atoms with E-state index in [4.69, 9.17) is 24.0 Å². The lowest BCUT2D eigenvalue weighted by atomic mass is 9.96. The number of aromatic nitrogens is 1. The number of furan rings is 1. The summed E-state index contributed by atoms with van der Waals surface area (Å²) in [6.07, 6.45) is 9.41. The van der Waals surface area contributed by atoms with Crippen molar-refractivity contribution in [3.63, 3.8) is 0 Å². The van der Waals surface area contributed by atoms with Gasteiger partial charge in [-0.05, 0) is 43.2 Å². The van der Waals surface area contributed by atoms with Gasteiger partial charge in [-0.3, -0.25) is 4.99 Å². The minimum absolute atomic E-state index is 0.354. The van der Waals surface area contributed by atoms with E-state index in [1.165, 1.54) is 19.3 Å². The van der Waals surface area contributed by atoms with E-state index >= 15 is 0 Å². The van der Waals surface area contributed by atoms with Gasteiger partial charge in [-0.1, -0.05) is 19.3 Å². The predicted octanol–water partition coefficient (Wildman–Crippen LogP) is 4.94. The summed E-state index contributed by atoms with van der Waals surface area (Å²) in [6, 6.07) is 9.83. The van der Waals surface area contributed by atoms with Crippen LogP contribution in [0.3, 0.4) is 0 Å². The van der Waals surface area contributed by atoms with Gasteiger partial charge < -0.3 is 13.9 Å². The van der Waals surface area contributed by atoms with Crippen molar-refractivity contribution < 1.29 is 13.9 Å². The van der Waals surface area contributed by atoms with Crippen LogP contribution in [0, 0.1) is 0 Å². The van der Waals surface area contributed by atoms with Crippen LogP contribution in [0.4, 0.5) is 0 Å². The van der Waals surface area contributed by atoms with Gasteiger partial charge in [0.25, 0.3) is 0 Å². The van der Waals surface area contributed by atoms with Crippen molar-refractivity contribution in [1.82, 2.24) is 4.68 Å². The average molecular weight is 412 g/mol. The minimum atomic E-state index is 0.354. The fourth-order valence-corrected chi connectivity index (χ4v) is 4.44. The van der Waals surface area contributed by atoms with Gasteiger partial charge in [0.2, 0.25) is 4.80 Å². The van der Waals surface area contributed by atoms with E-state index in [1.54, 1.807) is 38.0 Å². The van der Waals surface area contributed by atoms with Crippen molar-refractivity contribution in [3.05, 3.63) is 52.5 Å². The van der Waals surface area contributed by atoms with Gasteiger partial charge in [-0.2, -0.15) is 5.10 Å². The molecule has 0 aliphatic heterocycles. The summed E-state index contributed by atoms with van der Waals surface area (Å²) in [4.78, 5) is 5.90. The first kappa shape index (κ1) is 19.5. The molecule has 7 heteroatoms. The number of thiazole rings is 1. The highest BCUT2D eigenvalue weighted by Crippen LogP contribution is 2.34. The van der Waals surface area contributed by atoms with Gasteiger partial charge in [-0.25, -0.2) is 4.68 Å². The molecular formula is C22H25N3O3S. The fourth-order valence-electron chi connectivity index (χ4n) is 3.55. The number of rotatable bonds is 6. The molecule has 0 unspecified atom stereocenters. The smallest absolute Gasteiger partial charge is 0.206 e. The van der Waals surface area contributed by atoms with Gasteiger partial charge >= 0.3 is 0 Å². The zero-order valence-electron chi connectivity index (χ0n) is 16.7. The largest absolute Gasteiger partial charge is 0.497 e. The van der Waals surface area contributed by atoms with Gasteiger partial charge in [0, 0.05) is 10.9 Å². The standard InChI is InChI=1S/C22H25N3O3S/c1-26-17-10-11-21(27-2)19(13-17)20-15-29-22(24-16-7-4-3-5-8-16)25(20)23-14-18-9-6-12-28-18/h6,9-16H,3-5,7-8H2,1-2H3. The van der Waals surface area contributed by atoms with E-state index < -0.39 is 0 Å². The maximum atomic E-state index is 5.60. The van der Waals surface area contributed by atoms with Crippen LogP contribution in [0.15, 0.2) is 56.5 Å². The Morgan fingerprint density at radius 2 is 2.00 bits per heavy atom.